The van der Waals surface area contributed by atoms with Gasteiger partial charge < -0.3 is 10.3 Å². The van der Waals surface area contributed by atoms with E-state index in [0.717, 1.165) is 22.6 Å². The number of carbonyl (C=O) groups excluding carboxylic acids is 2. The number of nitro benzene ring substituents is 1. The topological polar surface area (TPSA) is 145 Å². The largest absolute Gasteiger partial charge is 0.397 e. The lowest BCUT2D eigenvalue weighted by atomic mass is 10.0. The van der Waals surface area contributed by atoms with Crippen molar-refractivity contribution in [2.75, 3.05) is 18.8 Å². The first-order valence-electron chi connectivity index (χ1n) is 13.3. The summed E-state index contributed by atoms with van der Waals surface area (Å²) < 4.78 is 3.53. The maximum Gasteiger partial charge on any atom is 0.293 e. The highest BCUT2D eigenvalue weighted by Gasteiger charge is 2.39. The molecule has 0 saturated heterocycles. The molecule has 212 valence electrons. The van der Waals surface area contributed by atoms with Crippen molar-refractivity contribution in [2.24, 2.45) is 0 Å². The van der Waals surface area contributed by atoms with E-state index in [4.69, 9.17) is 5.73 Å². The second-order valence-electron chi connectivity index (χ2n) is 10.4. The summed E-state index contributed by atoms with van der Waals surface area (Å²) in [6.45, 7) is 7.37. The van der Waals surface area contributed by atoms with Crippen molar-refractivity contribution in [1.82, 2.24) is 29.1 Å². The van der Waals surface area contributed by atoms with Crippen LogP contribution in [0.15, 0.2) is 72.3 Å². The Morgan fingerprint density at radius 2 is 1.24 bits per heavy atom. The summed E-state index contributed by atoms with van der Waals surface area (Å²) in [4.78, 5) is 46.8. The Morgan fingerprint density at radius 3 is 1.69 bits per heavy atom. The molecule has 12 nitrogen and oxygen atoms in total. The van der Waals surface area contributed by atoms with Crippen LogP contribution in [0.2, 0.25) is 0 Å². The maximum atomic E-state index is 13.4. The van der Waals surface area contributed by atoms with E-state index < -0.39 is 4.92 Å². The fraction of sp³-hybridized carbons (Fsp3) is 0.200. The number of amides is 2. The van der Waals surface area contributed by atoms with Gasteiger partial charge in [0.25, 0.3) is 17.5 Å². The number of rotatable bonds is 6. The van der Waals surface area contributed by atoms with Gasteiger partial charge in [-0.2, -0.15) is 0 Å². The number of carbonyl (C=O) groups is 2. The minimum Gasteiger partial charge on any atom is -0.397 e. The van der Waals surface area contributed by atoms with Gasteiger partial charge in [0.2, 0.25) is 0 Å². The number of anilines is 1. The first-order valence-corrected chi connectivity index (χ1v) is 13.3. The molecule has 0 fully saturated rings. The van der Waals surface area contributed by atoms with E-state index in [-0.39, 0.29) is 30.6 Å². The third-order valence-electron chi connectivity index (χ3n) is 7.99. The summed E-state index contributed by atoms with van der Waals surface area (Å²) in [5.74, 6) is 0.811. The number of nitrogens with zero attached hydrogens (tertiary/aromatic N) is 7. The molecule has 0 atom stereocenters. The van der Waals surface area contributed by atoms with Gasteiger partial charge in [-0.1, -0.05) is 12.1 Å². The number of hydrogen-bond acceptors (Lipinski definition) is 7. The molecule has 0 radical (unpaired) electrons. The van der Waals surface area contributed by atoms with Crippen molar-refractivity contribution in [3.63, 3.8) is 0 Å². The quantitative estimate of drug-likeness (QED) is 0.212. The van der Waals surface area contributed by atoms with Crippen LogP contribution in [0.4, 0.5) is 11.4 Å². The van der Waals surface area contributed by atoms with Crippen molar-refractivity contribution >= 4 is 34.3 Å². The predicted octanol–water partition coefficient (Wildman–Crippen LogP) is 4.01. The van der Waals surface area contributed by atoms with Gasteiger partial charge in [0, 0.05) is 42.0 Å². The van der Waals surface area contributed by atoms with Crippen molar-refractivity contribution in [1.29, 1.82) is 0 Å². The first kappa shape index (κ1) is 26.7. The van der Waals surface area contributed by atoms with Crippen molar-refractivity contribution < 1.29 is 14.5 Å². The summed E-state index contributed by atoms with van der Waals surface area (Å²) in [5, 5.41) is 14.8. The first-order chi connectivity index (χ1) is 20.1. The van der Waals surface area contributed by atoms with Gasteiger partial charge in [-0.15, -0.1) is 0 Å². The highest BCUT2D eigenvalue weighted by Crippen LogP contribution is 2.37. The molecule has 2 aliphatic heterocycles. The molecule has 0 aliphatic carbocycles. The lowest BCUT2D eigenvalue weighted by Crippen LogP contribution is -2.46. The number of aromatic nitrogens is 4. The monoisotopic (exact) mass is 564 g/mol. The van der Waals surface area contributed by atoms with Gasteiger partial charge in [-0.25, -0.2) is 20.0 Å². The van der Waals surface area contributed by atoms with Crippen LogP contribution < -0.4 is 5.73 Å². The van der Waals surface area contributed by atoms with E-state index in [9.17, 15) is 19.7 Å². The number of hydrogen-bond donors (Lipinski definition) is 1. The standard InChI is InChI=1S/C30H28N8O4/c1-17-23(21-5-7-26(25(31)13-21)34-11-9-32-19(34)3)15-36(29(17)39)37-16-24(18(2)30(37)40)22-6-8-27(28(14-22)38(41)42)35-12-10-33-20(35)4/h5-14H,15-16,31H2,1-4H3. The summed E-state index contributed by atoms with van der Waals surface area (Å²) in [6, 6.07) is 10.5. The second-order valence-corrected chi connectivity index (χ2v) is 10.4. The van der Waals surface area contributed by atoms with Crippen molar-refractivity contribution in [3.05, 3.63) is 105 Å². The van der Waals surface area contributed by atoms with E-state index in [2.05, 4.69) is 9.97 Å². The Bertz CT molecular complexity index is 1880. The zero-order valence-electron chi connectivity index (χ0n) is 23.5. The van der Waals surface area contributed by atoms with Crippen LogP contribution in [-0.2, 0) is 9.59 Å². The van der Waals surface area contributed by atoms with Gasteiger partial charge in [-0.05, 0) is 68.2 Å². The Labute approximate surface area is 241 Å². The molecule has 0 bridgehead atoms. The molecule has 2 amide bonds. The predicted molar refractivity (Wildman–Crippen MR) is 156 cm³/mol. The third kappa shape index (κ3) is 4.15. The van der Waals surface area contributed by atoms with Gasteiger partial charge in [0.15, 0.2) is 0 Å². The van der Waals surface area contributed by atoms with Crippen molar-refractivity contribution in [3.8, 4) is 11.4 Å². The number of aryl methyl sites for hydroxylation is 2. The average molecular weight is 565 g/mol. The average Bonchev–Trinajstić information content (AvgIpc) is 3.73. The Balaban J connectivity index is 1.27. The fourth-order valence-corrected chi connectivity index (χ4v) is 5.62. The SMILES string of the molecule is CC1=C(c2ccc(-n3ccnc3C)c(N)c2)CN(N2CC(c3ccc(-n4ccnc4C)c([N+](=O)[O-])c3)=C(C)C2=O)C1=O. The minimum atomic E-state index is -0.447. The van der Waals surface area contributed by atoms with Crippen LogP contribution in [0.25, 0.3) is 22.5 Å². The third-order valence-corrected chi connectivity index (χ3v) is 7.99. The highest BCUT2D eigenvalue weighted by molar-refractivity contribution is 6.10. The van der Waals surface area contributed by atoms with Gasteiger partial charge in [-0.3, -0.25) is 24.3 Å². The molecule has 4 aromatic rings. The van der Waals surface area contributed by atoms with Crippen LogP contribution in [0, 0.1) is 24.0 Å². The van der Waals surface area contributed by atoms with E-state index in [1.165, 1.54) is 16.1 Å². The summed E-state index contributed by atoms with van der Waals surface area (Å²) in [7, 11) is 0. The van der Waals surface area contributed by atoms with E-state index in [0.29, 0.717) is 39.5 Å². The molecule has 0 saturated carbocycles. The molecular formula is C30H28N8O4. The van der Waals surface area contributed by atoms with Gasteiger partial charge in [0.1, 0.15) is 17.3 Å². The second kappa shape index (κ2) is 9.84. The molecule has 2 aromatic carbocycles. The number of nitro groups is 1. The van der Waals surface area contributed by atoms with Gasteiger partial charge >= 0.3 is 0 Å². The van der Waals surface area contributed by atoms with E-state index >= 15 is 0 Å². The summed E-state index contributed by atoms with van der Waals surface area (Å²) in [6.07, 6.45) is 6.77. The van der Waals surface area contributed by atoms with Crippen LogP contribution in [-0.4, -0.2) is 58.9 Å². The van der Waals surface area contributed by atoms with E-state index in [1.807, 2.05) is 35.9 Å². The van der Waals surface area contributed by atoms with Crippen LogP contribution in [0.1, 0.15) is 36.6 Å². The molecule has 4 heterocycles. The summed E-state index contributed by atoms with van der Waals surface area (Å²) in [5.41, 5.74) is 11.7. The fourth-order valence-electron chi connectivity index (χ4n) is 5.62. The van der Waals surface area contributed by atoms with E-state index in [1.54, 1.807) is 56.1 Å². The molecule has 2 N–H and O–H groups in total. The zero-order chi connectivity index (χ0) is 29.9. The Morgan fingerprint density at radius 1 is 0.762 bits per heavy atom. The molecule has 2 aliphatic rings. The molecule has 2 aromatic heterocycles. The van der Waals surface area contributed by atoms with Crippen LogP contribution in [0.3, 0.4) is 0 Å². The number of nitrogens with two attached hydrogens (primary N) is 1. The smallest absolute Gasteiger partial charge is 0.293 e. The number of hydrazine groups is 1. The molecular weight excluding hydrogens is 536 g/mol. The zero-order valence-corrected chi connectivity index (χ0v) is 23.5. The van der Waals surface area contributed by atoms with Gasteiger partial charge in [0.05, 0.1) is 29.4 Å². The Hall–Kier alpha value is -5.52. The van der Waals surface area contributed by atoms with Crippen molar-refractivity contribution in [2.45, 2.75) is 27.7 Å². The highest BCUT2D eigenvalue weighted by atomic mass is 16.6. The van der Waals surface area contributed by atoms with Crippen LogP contribution >= 0.6 is 0 Å². The lowest BCUT2D eigenvalue weighted by molar-refractivity contribution is -0.384. The molecule has 0 spiro atoms. The Kier molecular flexibility index (Phi) is 6.25. The number of nitrogen functional groups attached to an aromatic ring is 1. The number of benzene rings is 2. The minimum absolute atomic E-state index is 0.108. The molecule has 42 heavy (non-hydrogen) atoms. The molecule has 6 rings (SSSR count). The van der Waals surface area contributed by atoms with Crippen LogP contribution in [0.5, 0.6) is 0 Å². The maximum absolute atomic E-state index is 13.4. The normalized spacial score (nSPS) is 15.5. The summed E-state index contributed by atoms with van der Waals surface area (Å²) >= 11 is 0. The molecule has 0 unspecified atom stereocenters. The molecule has 12 heteroatoms. The number of imidazole rings is 2. The lowest BCUT2D eigenvalue weighted by Gasteiger charge is -2.28.